The van der Waals surface area contributed by atoms with Gasteiger partial charge in [-0.05, 0) is 37.8 Å². The van der Waals surface area contributed by atoms with Crippen molar-refractivity contribution in [1.29, 1.82) is 0 Å². The van der Waals surface area contributed by atoms with Crippen molar-refractivity contribution < 1.29 is 4.79 Å². The second-order valence-corrected chi connectivity index (χ2v) is 4.96. The molecule has 1 aromatic rings. The van der Waals surface area contributed by atoms with E-state index in [-0.39, 0.29) is 5.91 Å². The fourth-order valence-electron chi connectivity index (χ4n) is 2.67. The Morgan fingerprint density at radius 1 is 1.39 bits per heavy atom. The van der Waals surface area contributed by atoms with Crippen LogP contribution < -0.4 is 5.32 Å². The molecule has 0 aliphatic carbocycles. The maximum Gasteiger partial charge on any atom is 0.233 e. The van der Waals surface area contributed by atoms with Gasteiger partial charge in [0.2, 0.25) is 5.91 Å². The number of rotatable bonds is 5. The number of benzene rings is 1. The summed E-state index contributed by atoms with van der Waals surface area (Å²) in [5.41, 5.74) is 1.39. The van der Waals surface area contributed by atoms with Crippen molar-refractivity contribution in [3.8, 4) is 0 Å². The second-order valence-electron chi connectivity index (χ2n) is 4.96. The zero-order chi connectivity index (χ0) is 12.8. The number of hydrogen-bond acceptors (Lipinski definition) is 2. The number of carbonyl (C=O) groups is 1. The molecule has 0 aromatic heterocycles. The molecule has 1 unspecified atom stereocenters. The summed E-state index contributed by atoms with van der Waals surface area (Å²) in [7, 11) is 1.71. The molecule has 1 aliphatic rings. The largest absolute Gasteiger partial charge is 0.358 e. The van der Waals surface area contributed by atoms with Crippen molar-refractivity contribution in [2.45, 2.75) is 31.7 Å². The van der Waals surface area contributed by atoms with Crippen LogP contribution in [0, 0.1) is 0 Å². The summed E-state index contributed by atoms with van der Waals surface area (Å²) in [5, 5.41) is 2.71. The van der Waals surface area contributed by atoms with Gasteiger partial charge in [0, 0.05) is 13.1 Å². The number of likely N-dealkylation sites (N-methyl/N-ethyl adjacent to an activating group) is 1. The van der Waals surface area contributed by atoms with Gasteiger partial charge >= 0.3 is 0 Å². The number of nitrogens with zero attached hydrogens (tertiary/aromatic N) is 1. The molecule has 0 bridgehead atoms. The van der Waals surface area contributed by atoms with Crippen LogP contribution in [0.4, 0.5) is 0 Å². The first-order chi connectivity index (χ1) is 8.79. The van der Waals surface area contributed by atoms with Gasteiger partial charge in [-0.2, -0.15) is 0 Å². The van der Waals surface area contributed by atoms with Gasteiger partial charge in [0.05, 0.1) is 6.54 Å². The van der Waals surface area contributed by atoms with E-state index in [9.17, 15) is 4.79 Å². The maximum atomic E-state index is 11.4. The van der Waals surface area contributed by atoms with Crippen molar-refractivity contribution in [3.63, 3.8) is 0 Å². The van der Waals surface area contributed by atoms with E-state index in [0.29, 0.717) is 12.6 Å². The molecule has 1 atom stereocenters. The third-order valence-electron chi connectivity index (χ3n) is 3.73. The lowest BCUT2D eigenvalue weighted by Gasteiger charge is -2.23. The number of likely N-dealkylation sites (tertiary alicyclic amines) is 1. The molecule has 98 valence electrons. The summed E-state index contributed by atoms with van der Waals surface area (Å²) in [4.78, 5) is 13.8. The maximum absolute atomic E-state index is 11.4. The summed E-state index contributed by atoms with van der Waals surface area (Å²) in [6, 6.07) is 11.2. The average Bonchev–Trinajstić information content (AvgIpc) is 2.84. The molecule has 0 radical (unpaired) electrons. The summed E-state index contributed by atoms with van der Waals surface area (Å²) in [6.07, 6.45) is 4.71. The van der Waals surface area contributed by atoms with Crippen LogP contribution in [0.5, 0.6) is 0 Å². The zero-order valence-electron chi connectivity index (χ0n) is 11.1. The molecule has 1 aromatic carbocycles. The Morgan fingerprint density at radius 2 is 2.17 bits per heavy atom. The fraction of sp³-hybridized carbons (Fsp3) is 0.533. The topological polar surface area (TPSA) is 32.3 Å². The SMILES string of the molecule is CNC(=O)CN1CCCC1CCc1ccccc1. The molecule has 18 heavy (non-hydrogen) atoms. The van der Waals surface area contributed by atoms with E-state index in [1.165, 1.54) is 18.4 Å². The lowest BCUT2D eigenvalue weighted by Crippen LogP contribution is -2.38. The van der Waals surface area contributed by atoms with E-state index >= 15 is 0 Å². The number of hydrogen-bond donors (Lipinski definition) is 1. The monoisotopic (exact) mass is 246 g/mol. The standard InChI is InChI=1S/C15H22N2O/c1-16-15(18)12-17-11-5-8-14(17)10-9-13-6-3-2-4-7-13/h2-4,6-7,14H,5,8-12H2,1H3,(H,16,18). The van der Waals surface area contributed by atoms with Crippen LogP contribution in [0.3, 0.4) is 0 Å². The van der Waals surface area contributed by atoms with Crippen molar-refractivity contribution in [3.05, 3.63) is 35.9 Å². The predicted octanol–water partition coefficient (Wildman–Crippen LogP) is 1.83. The quantitative estimate of drug-likeness (QED) is 0.859. The van der Waals surface area contributed by atoms with Gasteiger partial charge in [-0.3, -0.25) is 9.69 Å². The van der Waals surface area contributed by atoms with Crippen LogP contribution in [0.25, 0.3) is 0 Å². The van der Waals surface area contributed by atoms with E-state index in [0.717, 1.165) is 19.4 Å². The van der Waals surface area contributed by atoms with Crippen molar-refractivity contribution in [2.75, 3.05) is 20.1 Å². The van der Waals surface area contributed by atoms with E-state index < -0.39 is 0 Å². The Labute approximate surface area is 109 Å². The Morgan fingerprint density at radius 3 is 2.89 bits per heavy atom. The van der Waals surface area contributed by atoms with Crippen molar-refractivity contribution >= 4 is 5.91 Å². The Hall–Kier alpha value is -1.35. The normalized spacial score (nSPS) is 19.9. The molecule has 1 saturated heterocycles. The van der Waals surface area contributed by atoms with Crippen LogP contribution in [-0.4, -0.2) is 37.0 Å². The highest BCUT2D eigenvalue weighted by molar-refractivity contribution is 5.77. The highest BCUT2D eigenvalue weighted by Gasteiger charge is 2.25. The first-order valence-corrected chi connectivity index (χ1v) is 6.78. The fourth-order valence-corrected chi connectivity index (χ4v) is 2.67. The lowest BCUT2D eigenvalue weighted by atomic mass is 10.0. The first-order valence-electron chi connectivity index (χ1n) is 6.78. The van der Waals surface area contributed by atoms with Gasteiger partial charge < -0.3 is 5.32 Å². The molecule has 2 rings (SSSR count). The van der Waals surface area contributed by atoms with Crippen LogP contribution in [0.1, 0.15) is 24.8 Å². The molecule has 3 heteroatoms. The number of amides is 1. The van der Waals surface area contributed by atoms with E-state index in [2.05, 4.69) is 40.5 Å². The molecule has 1 N–H and O–H groups in total. The van der Waals surface area contributed by atoms with E-state index in [1.807, 2.05) is 0 Å². The van der Waals surface area contributed by atoms with Crippen LogP contribution in [-0.2, 0) is 11.2 Å². The zero-order valence-corrected chi connectivity index (χ0v) is 11.1. The molecular formula is C15H22N2O. The van der Waals surface area contributed by atoms with Crippen molar-refractivity contribution in [1.82, 2.24) is 10.2 Å². The first kappa shape index (κ1) is 13.1. The number of aryl methyl sites for hydroxylation is 1. The lowest BCUT2D eigenvalue weighted by molar-refractivity contribution is -0.122. The van der Waals surface area contributed by atoms with Gasteiger partial charge in [0.15, 0.2) is 0 Å². The molecule has 1 heterocycles. The molecule has 1 aliphatic heterocycles. The molecular weight excluding hydrogens is 224 g/mol. The summed E-state index contributed by atoms with van der Waals surface area (Å²) >= 11 is 0. The highest BCUT2D eigenvalue weighted by Crippen LogP contribution is 2.21. The third-order valence-corrected chi connectivity index (χ3v) is 3.73. The minimum absolute atomic E-state index is 0.126. The van der Waals surface area contributed by atoms with Gasteiger partial charge in [0.25, 0.3) is 0 Å². The smallest absolute Gasteiger partial charge is 0.233 e. The van der Waals surface area contributed by atoms with Gasteiger partial charge in [0.1, 0.15) is 0 Å². The average molecular weight is 246 g/mol. The van der Waals surface area contributed by atoms with Crippen LogP contribution in [0.15, 0.2) is 30.3 Å². The Balaban J connectivity index is 1.83. The van der Waals surface area contributed by atoms with E-state index in [4.69, 9.17) is 0 Å². The van der Waals surface area contributed by atoms with Crippen molar-refractivity contribution in [2.24, 2.45) is 0 Å². The second kappa shape index (κ2) is 6.55. The summed E-state index contributed by atoms with van der Waals surface area (Å²) < 4.78 is 0. The molecule has 0 spiro atoms. The molecule has 1 fully saturated rings. The Bertz CT molecular complexity index is 377. The van der Waals surface area contributed by atoms with E-state index in [1.54, 1.807) is 7.05 Å². The predicted molar refractivity (Wildman–Crippen MR) is 73.4 cm³/mol. The van der Waals surface area contributed by atoms with Gasteiger partial charge in [-0.25, -0.2) is 0 Å². The minimum atomic E-state index is 0.126. The summed E-state index contributed by atoms with van der Waals surface area (Å²) in [5.74, 6) is 0.126. The summed E-state index contributed by atoms with van der Waals surface area (Å²) in [6.45, 7) is 1.61. The molecule has 0 saturated carbocycles. The number of carbonyl (C=O) groups excluding carboxylic acids is 1. The van der Waals surface area contributed by atoms with Crippen LogP contribution in [0.2, 0.25) is 0 Å². The van der Waals surface area contributed by atoms with Gasteiger partial charge in [-0.15, -0.1) is 0 Å². The molecule has 1 amide bonds. The van der Waals surface area contributed by atoms with Gasteiger partial charge in [-0.1, -0.05) is 30.3 Å². The van der Waals surface area contributed by atoms with Crippen LogP contribution >= 0.6 is 0 Å². The molecule has 3 nitrogen and oxygen atoms in total. The number of nitrogens with one attached hydrogen (secondary N) is 1. The third kappa shape index (κ3) is 3.57. The minimum Gasteiger partial charge on any atom is -0.358 e. The highest BCUT2D eigenvalue weighted by atomic mass is 16.1. The Kier molecular flexibility index (Phi) is 4.76.